The first-order valence-corrected chi connectivity index (χ1v) is 15.2. The van der Waals surface area contributed by atoms with Crippen LogP contribution in [0.5, 0.6) is 0 Å². The Hall–Kier alpha value is 0.320. The highest BCUT2D eigenvalue weighted by Crippen LogP contribution is 2.42. The zero-order chi connectivity index (χ0) is 22.2. The van der Waals surface area contributed by atoms with Gasteiger partial charge in [0.15, 0.2) is 0 Å². The summed E-state index contributed by atoms with van der Waals surface area (Å²) in [5.41, 5.74) is 0. The lowest BCUT2D eigenvalue weighted by Crippen LogP contribution is -2.28. The highest BCUT2D eigenvalue weighted by Gasteiger charge is 2.26. The van der Waals surface area contributed by atoms with E-state index in [4.69, 9.17) is 39.1 Å². The van der Waals surface area contributed by atoms with Gasteiger partial charge in [0, 0.05) is 0 Å². The van der Waals surface area contributed by atoms with Gasteiger partial charge in [0.25, 0.3) is 0 Å². The molecule has 0 aromatic carbocycles. The molecular formula is C10H43N7O12P4. The van der Waals surface area contributed by atoms with Crippen molar-refractivity contribution in [2.75, 3.05) is 38.2 Å². The van der Waals surface area contributed by atoms with Crippen LogP contribution in [-0.2, 0) is 18.3 Å². The van der Waals surface area contributed by atoms with Gasteiger partial charge >= 0.3 is 30.4 Å². The van der Waals surface area contributed by atoms with E-state index in [2.05, 4.69) is 0 Å². The van der Waals surface area contributed by atoms with E-state index in [9.17, 15) is 18.3 Å². The molecule has 33 heavy (non-hydrogen) atoms. The molecule has 0 spiro atoms. The average Bonchev–Trinajstić information content (AvgIpc) is 2.34. The van der Waals surface area contributed by atoms with E-state index in [0.29, 0.717) is 25.7 Å². The first kappa shape index (κ1) is 46.6. The van der Waals surface area contributed by atoms with Crippen LogP contribution in [0.4, 0.5) is 0 Å². The molecule has 0 unspecified atom stereocenters. The van der Waals surface area contributed by atoms with Crippen molar-refractivity contribution < 1.29 is 57.4 Å². The third-order valence-electron chi connectivity index (χ3n) is 3.24. The van der Waals surface area contributed by atoms with Gasteiger partial charge in [-0.05, 0) is 25.9 Å². The number of nitrogens with zero attached hydrogens (tertiary/aromatic N) is 2. The van der Waals surface area contributed by atoms with E-state index in [-0.39, 0.29) is 43.8 Å². The van der Waals surface area contributed by atoms with E-state index in [1.54, 1.807) is 0 Å². The van der Waals surface area contributed by atoms with Crippen LogP contribution in [0, 0.1) is 0 Å². The quantitative estimate of drug-likeness (QED) is 0.0929. The highest BCUT2D eigenvalue weighted by molar-refractivity contribution is 7.53. The normalized spacial score (nSPS) is 12.1. The molecule has 0 saturated heterocycles. The average molecular weight is 577 g/mol. The molecule has 23 heteroatoms. The summed E-state index contributed by atoms with van der Waals surface area (Å²) in [6, 6.07) is 0. The Morgan fingerprint density at radius 3 is 0.727 bits per heavy atom. The van der Waals surface area contributed by atoms with E-state index in [1.165, 1.54) is 0 Å². The van der Waals surface area contributed by atoms with Crippen molar-refractivity contribution in [3.63, 3.8) is 0 Å². The predicted octanol–water partition coefficient (Wildman–Crippen LogP) is 0.502. The van der Waals surface area contributed by atoms with Crippen molar-refractivity contribution in [1.29, 1.82) is 0 Å². The van der Waals surface area contributed by atoms with Crippen molar-refractivity contribution in [2.45, 2.75) is 25.7 Å². The minimum absolute atomic E-state index is 0. The van der Waals surface area contributed by atoms with Gasteiger partial charge < -0.3 is 69.9 Å². The van der Waals surface area contributed by atoms with Gasteiger partial charge in [-0.2, -0.15) is 0 Å². The molecule has 0 amide bonds. The van der Waals surface area contributed by atoms with Gasteiger partial charge in [0.2, 0.25) is 0 Å². The van der Waals surface area contributed by atoms with Crippen molar-refractivity contribution in [2.24, 2.45) is 0 Å². The molecule has 210 valence electrons. The van der Waals surface area contributed by atoms with Crippen LogP contribution in [-0.4, -0.2) is 87.2 Å². The summed E-state index contributed by atoms with van der Waals surface area (Å²) < 4.78 is 44.1. The largest absolute Gasteiger partial charge is 0.344 e. The lowest BCUT2D eigenvalue weighted by atomic mass is 10.2. The highest BCUT2D eigenvalue weighted by atomic mass is 31.2. The fourth-order valence-corrected chi connectivity index (χ4v) is 5.80. The van der Waals surface area contributed by atoms with Crippen molar-refractivity contribution >= 4 is 30.4 Å². The van der Waals surface area contributed by atoms with Gasteiger partial charge in [0.05, 0.1) is 0 Å². The van der Waals surface area contributed by atoms with Crippen LogP contribution in [0.2, 0.25) is 0 Å². The summed E-state index contributed by atoms with van der Waals surface area (Å²) >= 11 is 0. The smallest absolute Gasteiger partial charge is 0.339 e. The topological polar surface area (TPSA) is 412 Å². The van der Waals surface area contributed by atoms with Crippen molar-refractivity contribution in [1.82, 2.24) is 40.6 Å². The molecule has 0 aliphatic rings. The van der Waals surface area contributed by atoms with Crippen LogP contribution >= 0.6 is 30.4 Å². The second kappa shape index (κ2) is 19.5. The van der Waals surface area contributed by atoms with Gasteiger partial charge in [-0.25, -0.2) is 0 Å². The summed E-state index contributed by atoms with van der Waals surface area (Å²) in [7, 11) is -18.0. The van der Waals surface area contributed by atoms with Crippen LogP contribution < -0.4 is 30.8 Å². The summed E-state index contributed by atoms with van der Waals surface area (Å²) in [6.45, 7) is 0.0375. The number of unbranched alkanes of at least 4 members (excludes halogenated alkanes) is 3. The summed E-state index contributed by atoms with van der Waals surface area (Å²) in [5, 5.41) is 0. The number of rotatable bonds is 15. The predicted molar refractivity (Wildman–Crippen MR) is 125 cm³/mol. The summed E-state index contributed by atoms with van der Waals surface area (Å²) in [5.74, 6) is 0. The molecule has 0 aliphatic heterocycles. The van der Waals surface area contributed by atoms with Crippen molar-refractivity contribution in [3.8, 4) is 0 Å². The van der Waals surface area contributed by atoms with Gasteiger partial charge in [-0.15, -0.1) is 0 Å². The molecule has 0 aromatic rings. The van der Waals surface area contributed by atoms with Crippen molar-refractivity contribution in [3.05, 3.63) is 0 Å². The Morgan fingerprint density at radius 2 is 0.576 bits per heavy atom. The fourth-order valence-electron chi connectivity index (χ4n) is 2.44. The molecule has 0 atom stereocenters. The number of hydrogen-bond acceptors (Lipinski definition) is 11. The minimum Gasteiger partial charge on any atom is -0.344 e. The molecule has 23 N–H and O–H groups in total. The Labute approximate surface area is 192 Å². The third kappa shape index (κ3) is 34.6. The van der Waals surface area contributed by atoms with Gasteiger partial charge in [-0.1, -0.05) is 12.8 Å². The van der Waals surface area contributed by atoms with Crippen LogP contribution in [0.3, 0.4) is 0 Å². The Morgan fingerprint density at radius 1 is 0.394 bits per heavy atom. The first-order valence-electron chi connectivity index (χ1n) is 7.99. The van der Waals surface area contributed by atoms with E-state index in [1.807, 2.05) is 0 Å². The van der Waals surface area contributed by atoms with E-state index < -0.39 is 55.5 Å². The first-order chi connectivity index (χ1) is 12.4. The molecule has 0 saturated carbocycles. The molecular weight excluding hydrogens is 534 g/mol. The summed E-state index contributed by atoms with van der Waals surface area (Å²) in [6.07, 6.45) is -1.55. The second-order valence-corrected chi connectivity index (χ2v) is 12.9. The minimum atomic E-state index is -4.49. The number of hydrogen-bond donors (Lipinski definition) is 13. The molecule has 0 radical (unpaired) electrons. The molecule has 0 rings (SSSR count). The van der Waals surface area contributed by atoms with Crippen LogP contribution in [0.1, 0.15) is 25.7 Å². The molecule has 0 heterocycles. The Bertz CT molecular complexity index is 561. The molecule has 0 aromatic heterocycles. The third-order valence-corrected chi connectivity index (χ3v) is 6.31. The lowest BCUT2D eigenvalue weighted by molar-refractivity contribution is 0.264. The molecule has 0 fully saturated rings. The Kier molecular flexibility index (Phi) is 27.6. The maximum atomic E-state index is 11.0. The SMILES string of the molecule is N.N.N.N.N.O=P(O)(O)CN(CCCCCCN(CP(=O)(O)O)CP(=O)(O)O)CP(=O)(O)O. The Balaban J connectivity index is -0.000000364. The maximum absolute atomic E-state index is 11.0. The molecule has 0 aliphatic carbocycles. The second-order valence-electron chi connectivity index (χ2n) is 6.43. The maximum Gasteiger partial charge on any atom is 0.339 e. The lowest BCUT2D eigenvalue weighted by Gasteiger charge is -2.23. The van der Waals surface area contributed by atoms with Gasteiger partial charge in [-0.3, -0.25) is 28.1 Å². The fraction of sp³-hybridized carbons (Fsp3) is 1.00. The van der Waals surface area contributed by atoms with Crippen LogP contribution in [0.15, 0.2) is 0 Å². The molecule has 0 bridgehead atoms. The standard InChI is InChI=1S/C10H28N2O12P4.5H3N/c13-25(14,15)7-11(8-26(16,17)18)5-3-1-2-4-6-12(9-27(19,20)21)10-28(22,23)24;;;;;/h1-10H2,(H2,13,14,15)(H2,16,17,18)(H2,19,20,21)(H2,22,23,24);5*1H3. The van der Waals surface area contributed by atoms with Gasteiger partial charge in [0.1, 0.15) is 25.1 Å². The van der Waals surface area contributed by atoms with Crippen LogP contribution in [0.25, 0.3) is 0 Å². The van der Waals surface area contributed by atoms with E-state index >= 15 is 0 Å². The monoisotopic (exact) mass is 577 g/mol. The molecule has 19 nitrogen and oxygen atoms in total. The van der Waals surface area contributed by atoms with E-state index in [0.717, 1.165) is 9.80 Å². The zero-order valence-electron chi connectivity index (χ0n) is 18.5. The summed E-state index contributed by atoms with van der Waals surface area (Å²) in [4.78, 5) is 73.6. The zero-order valence-corrected chi connectivity index (χ0v) is 22.1.